The Balaban J connectivity index is 0.000000325. The Hall–Kier alpha value is -3.97. The Morgan fingerprint density at radius 3 is 2.09 bits per heavy atom. The maximum Gasteiger partial charge on any atom is 0.228 e. The second-order valence-electron chi connectivity index (χ2n) is 6.73. The molecule has 3 aromatic rings. The van der Waals surface area contributed by atoms with Gasteiger partial charge in [0.2, 0.25) is 5.91 Å². The van der Waals surface area contributed by atoms with Crippen LogP contribution in [0.1, 0.15) is 33.2 Å². The third-order valence-corrected chi connectivity index (χ3v) is 4.34. The standard InChI is InChI=1S/C15H14N2O2.C8H9NO.C3H8O/c16-14-7-2-1-5-12(14)9-15(19)17-13-6-3-4-11(8-13)10-18;1-9-8-4-2-7(6-10)3-5-8;1-3-4-2/h1-8,10H,9,16H2,(H,17,19);2-6,9H,1H3;3H2,1-2H3. The summed E-state index contributed by atoms with van der Waals surface area (Å²) >= 11 is 0. The van der Waals surface area contributed by atoms with Gasteiger partial charge in [0.25, 0.3) is 0 Å². The van der Waals surface area contributed by atoms with Gasteiger partial charge in [-0.1, -0.05) is 30.3 Å². The van der Waals surface area contributed by atoms with E-state index in [0.29, 0.717) is 22.5 Å². The predicted octanol–water partition coefficient (Wildman–Crippen LogP) is 4.46. The summed E-state index contributed by atoms with van der Waals surface area (Å²) in [6.07, 6.45) is 1.78. The molecule has 0 aliphatic heterocycles. The first-order valence-corrected chi connectivity index (χ1v) is 10.4. The van der Waals surface area contributed by atoms with E-state index in [2.05, 4.69) is 15.4 Å². The van der Waals surface area contributed by atoms with Gasteiger partial charge in [0.05, 0.1) is 6.42 Å². The molecule has 0 heterocycles. The number of methoxy groups -OCH3 is 1. The first-order chi connectivity index (χ1) is 16.0. The lowest BCUT2D eigenvalue weighted by molar-refractivity contribution is -0.115. The minimum atomic E-state index is -0.166. The van der Waals surface area contributed by atoms with Crippen LogP contribution in [0.5, 0.6) is 0 Å². The highest BCUT2D eigenvalue weighted by atomic mass is 16.5. The van der Waals surface area contributed by atoms with E-state index in [9.17, 15) is 14.4 Å². The average molecular weight is 450 g/mol. The molecule has 0 saturated heterocycles. The molecule has 0 bridgehead atoms. The van der Waals surface area contributed by atoms with Gasteiger partial charge in [0, 0.05) is 49.0 Å². The number of rotatable bonds is 7. The molecule has 7 nitrogen and oxygen atoms in total. The van der Waals surface area contributed by atoms with E-state index in [1.165, 1.54) is 0 Å². The van der Waals surface area contributed by atoms with Gasteiger partial charge in [-0.05, 0) is 55.0 Å². The number of hydrogen-bond acceptors (Lipinski definition) is 6. The summed E-state index contributed by atoms with van der Waals surface area (Å²) in [6, 6.07) is 21.3. The number of para-hydroxylation sites is 1. The highest BCUT2D eigenvalue weighted by Crippen LogP contribution is 2.13. The fourth-order valence-corrected chi connectivity index (χ4v) is 2.49. The van der Waals surface area contributed by atoms with Gasteiger partial charge in [-0.15, -0.1) is 0 Å². The zero-order valence-electron chi connectivity index (χ0n) is 19.2. The molecule has 33 heavy (non-hydrogen) atoms. The van der Waals surface area contributed by atoms with Crippen molar-refractivity contribution in [3.63, 3.8) is 0 Å². The smallest absolute Gasteiger partial charge is 0.228 e. The third kappa shape index (κ3) is 10.8. The monoisotopic (exact) mass is 449 g/mol. The van der Waals surface area contributed by atoms with E-state index in [-0.39, 0.29) is 12.3 Å². The molecular formula is C26H31N3O4. The molecule has 0 spiro atoms. The maximum atomic E-state index is 11.9. The van der Waals surface area contributed by atoms with Crippen LogP contribution < -0.4 is 16.4 Å². The van der Waals surface area contributed by atoms with Crippen LogP contribution in [0.15, 0.2) is 72.8 Å². The van der Waals surface area contributed by atoms with Gasteiger partial charge >= 0.3 is 0 Å². The Labute approximate surface area is 195 Å². The van der Waals surface area contributed by atoms with Gasteiger partial charge in [0.15, 0.2) is 0 Å². The second kappa shape index (κ2) is 15.8. The lowest BCUT2D eigenvalue weighted by Crippen LogP contribution is -2.15. The number of nitrogens with two attached hydrogens (primary N) is 1. The van der Waals surface area contributed by atoms with Crippen molar-refractivity contribution >= 4 is 35.5 Å². The molecule has 3 aromatic carbocycles. The van der Waals surface area contributed by atoms with Crippen molar-refractivity contribution in [3.05, 3.63) is 89.5 Å². The number of nitrogen functional groups attached to an aromatic ring is 1. The Morgan fingerprint density at radius 2 is 1.55 bits per heavy atom. The lowest BCUT2D eigenvalue weighted by Gasteiger charge is -2.07. The van der Waals surface area contributed by atoms with Crippen LogP contribution in [-0.4, -0.2) is 39.2 Å². The zero-order chi connectivity index (χ0) is 24.5. The third-order valence-electron chi connectivity index (χ3n) is 4.34. The molecule has 174 valence electrons. The van der Waals surface area contributed by atoms with E-state index in [1.807, 2.05) is 44.3 Å². The molecule has 0 aliphatic carbocycles. The predicted molar refractivity (Wildman–Crippen MR) is 134 cm³/mol. The highest BCUT2D eigenvalue weighted by Gasteiger charge is 2.06. The number of benzene rings is 3. The molecule has 3 rings (SSSR count). The normalized spacial score (nSPS) is 9.30. The van der Waals surface area contributed by atoms with E-state index in [0.717, 1.165) is 30.4 Å². The first kappa shape index (κ1) is 27.1. The number of anilines is 3. The summed E-state index contributed by atoms with van der Waals surface area (Å²) in [6.45, 7) is 2.78. The Kier molecular flexibility index (Phi) is 12.9. The van der Waals surface area contributed by atoms with Crippen molar-refractivity contribution in [2.24, 2.45) is 0 Å². The van der Waals surface area contributed by atoms with Gasteiger partial charge in [-0.2, -0.15) is 0 Å². The summed E-state index contributed by atoms with van der Waals surface area (Å²) < 4.78 is 4.54. The Bertz CT molecular complexity index is 1000. The quantitative estimate of drug-likeness (QED) is 0.363. The number of hydrogen-bond donors (Lipinski definition) is 3. The van der Waals surface area contributed by atoms with E-state index in [4.69, 9.17) is 5.73 Å². The summed E-state index contributed by atoms with van der Waals surface area (Å²) in [5.41, 5.74) is 10.0. The van der Waals surface area contributed by atoms with Crippen LogP contribution in [-0.2, 0) is 16.0 Å². The van der Waals surface area contributed by atoms with Crippen LogP contribution in [0.3, 0.4) is 0 Å². The molecule has 0 atom stereocenters. The van der Waals surface area contributed by atoms with E-state index < -0.39 is 0 Å². The molecule has 0 aliphatic rings. The van der Waals surface area contributed by atoms with Crippen molar-refractivity contribution in [2.45, 2.75) is 13.3 Å². The largest absolute Gasteiger partial charge is 0.398 e. The summed E-state index contributed by atoms with van der Waals surface area (Å²) in [5.74, 6) is -0.166. The first-order valence-electron chi connectivity index (χ1n) is 10.4. The molecule has 1 amide bonds. The number of aldehydes is 2. The van der Waals surface area contributed by atoms with Gasteiger partial charge in [-0.25, -0.2) is 0 Å². The molecule has 7 heteroatoms. The fraction of sp³-hybridized carbons (Fsp3) is 0.192. The van der Waals surface area contributed by atoms with Crippen LogP contribution in [0.4, 0.5) is 17.1 Å². The van der Waals surface area contributed by atoms with E-state index in [1.54, 1.807) is 49.6 Å². The zero-order valence-corrected chi connectivity index (χ0v) is 19.2. The number of ether oxygens (including phenoxy) is 1. The van der Waals surface area contributed by atoms with Crippen LogP contribution in [0, 0.1) is 0 Å². The molecule has 0 unspecified atom stereocenters. The van der Waals surface area contributed by atoms with Gasteiger partial charge in [-0.3, -0.25) is 14.4 Å². The lowest BCUT2D eigenvalue weighted by atomic mass is 10.1. The highest BCUT2D eigenvalue weighted by molar-refractivity contribution is 5.93. The molecule has 0 radical (unpaired) electrons. The molecule has 0 aromatic heterocycles. The van der Waals surface area contributed by atoms with Crippen molar-refractivity contribution in [1.29, 1.82) is 0 Å². The van der Waals surface area contributed by atoms with Crippen LogP contribution in [0.25, 0.3) is 0 Å². The SMILES string of the molecule is CCOC.CNc1ccc(C=O)cc1.Nc1ccccc1CC(=O)Nc1cccc(C=O)c1. The fourth-order valence-electron chi connectivity index (χ4n) is 2.49. The number of carbonyl (C=O) groups is 3. The summed E-state index contributed by atoms with van der Waals surface area (Å²) in [7, 11) is 3.52. The van der Waals surface area contributed by atoms with E-state index >= 15 is 0 Å². The number of nitrogens with one attached hydrogen (secondary N) is 2. The summed E-state index contributed by atoms with van der Waals surface area (Å²) in [5, 5.41) is 5.70. The molecular weight excluding hydrogens is 418 g/mol. The maximum absolute atomic E-state index is 11.9. The van der Waals surface area contributed by atoms with Crippen molar-refractivity contribution in [3.8, 4) is 0 Å². The average Bonchev–Trinajstić information content (AvgIpc) is 2.86. The topological polar surface area (TPSA) is 111 Å². The Morgan fingerprint density at radius 1 is 0.909 bits per heavy atom. The minimum Gasteiger partial charge on any atom is -0.398 e. The van der Waals surface area contributed by atoms with Gasteiger partial charge in [0.1, 0.15) is 12.6 Å². The number of amides is 1. The van der Waals surface area contributed by atoms with Crippen molar-refractivity contribution in [2.75, 3.05) is 37.1 Å². The second-order valence-corrected chi connectivity index (χ2v) is 6.73. The minimum absolute atomic E-state index is 0.166. The molecule has 0 saturated carbocycles. The van der Waals surface area contributed by atoms with Gasteiger partial charge < -0.3 is 21.1 Å². The van der Waals surface area contributed by atoms with Crippen molar-refractivity contribution < 1.29 is 19.1 Å². The van der Waals surface area contributed by atoms with Crippen LogP contribution >= 0.6 is 0 Å². The van der Waals surface area contributed by atoms with Crippen molar-refractivity contribution in [1.82, 2.24) is 0 Å². The molecule has 0 fully saturated rings. The number of carbonyl (C=O) groups excluding carboxylic acids is 3. The van der Waals surface area contributed by atoms with Crippen LogP contribution in [0.2, 0.25) is 0 Å². The summed E-state index contributed by atoms with van der Waals surface area (Å²) in [4.78, 5) is 32.7. The molecule has 4 N–H and O–H groups in total.